The molecule has 1 fully saturated rings. The molecule has 0 heterocycles. The van der Waals surface area contributed by atoms with Gasteiger partial charge in [-0.1, -0.05) is 43.0 Å². The quantitative estimate of drug-likeness (QED) is 0.556. The van der Waals surface area contributed by atoms with Gasteiger partial charge in [-0.25, -0.2) is 4.79 Å². The van der Waals surface area contributed by atoms with Crippen LogP contribution in [0.1, 0.15) is 53.9 Å². The average molecular weight is 459 g/mol. The van der Waals surface area contributed by atoms with Gasteiger partial charge in [0.2, 0.25) is 11.8 Å². The van der Waals surface area contributed by atoms with Crippen LogP contribution in [0.3, 0.4) is 0 Å². The third kappa shape index (κ3) is 6.80. The lowest BCUT2D eigenvalue weighted by atomic mass is 9.84. The summed E-state index contributed by atoms with van der Waals surface area (Å²) in [5, 5.41) is 5.71. The van der Waals surface area contributed by atoms with E-state index in [1.807, 2.05) is 18.2 Å². The molecule has 0 unspecified atom stereocenters. The van der Waals surface area contributed by atoms with Crippen LogP contribution < -0.4 is 10.6 Å². The zero-order chi connectivity index (χ0) is 22.9. The number of hydrogen-bond donors (Lipinski definition) is 2. The van der Waals surface area contributed by atoms with Crippen LogP contribution >= 0.6 is 11.6 Å². The van der Waals surface area contributed by atoms with Gasteiger partial charge < -0.3 is 20.1 Å². The number of amides is 2. The lowest BCUT2D eigenvalue weighted by Crippen LogP contribution is -2.24. The van der Waals surface area contributed by atoms with Gasteiger partial charge in [0.05, 0.1) is 18.4 Å². The summed E-state index contributed by atoms with van der Waals surface area (Å²) in [6.07, 6.45) is 6.14. The molecule has 2 aromatic carbocycles. The third-order valence-corrected chi connectivity index (χ3v) is 5.61. The van der Waals surface area contributed by atoms with E-state index in [2.05, 4.69) is 16.7 Å². The maximum absolute atomic E-state index is 12.2. The van der Waals surface area contributed by atoms with Crippen molar-refractivity contribution in [3.8, 4) is 0 Å². The van der Waals surface area contributed by atoms with E-state index in [-0.39, 0.29) is 30.4 Å². The summed E-state index contributed by atoms with van der Waals surface area (Å²) >= 11 is 5.90. The first-order chi connectivity index (χ1) is 15.5. The van der Waals surface area contributed by atoms with E-state index in [0.29, 0.717) is 10.9 Å². The monoisotopic (exact) mass is 458 g/mol. The van der Waals surface area contributed by atoms with Crippen molar-refractivity contribution >= 4 is 40.8 Å². The number of halogens is 1. The van der Waals surface area contributed by atoms with Crippen LogP contribution in [-0.4, -0.2) is 38.1 Å². The normalized spacial score (nSPS) is 13.9. The van der Waals surface area contributed by atoms with Crippen LogP contribution in [0.5, 0.6) is 0 Å². The molecule has 1 saturated carbocycles. The van der Waals surface area contributed by atoms with E-state index in [1.54, 1.807) is 6.07 Å². The number of carbonyl (C=O) groups excluding carboxylic acids is 3. The van der Waals surface area contributed by atoms with Crippen molar-refractivity contribution in [2.24, 2.45) is 0 Å². The molecule has 0 radical (unpaired) electrons. The Morgan fingerprint density at radius 3 is 2.41 bits per heavy atom. The lowest BCUT2D eigenvalue weighted by Gasteiger charge is -2.22. The molecule has 0 atom stereocenters. The van der Waals surface area contributed by atoms with Crippen LogP contribution in [0.4, 0.5) is 11.4 Å². The highest BCUT2D eigenvalue weighted by molar-refractivity contribution is 6.31. The molecule has 0 saturated heterocycles. The molecule has 2 amide bonds. The number of methoxy groups -OCH3 is 1. The van der Waals surface area contributed by atoms with Gasteiger partial charge >= 0.3 is 5.97 Å². The summed E-state index contributed by atoms with van der Waals surface area (Å²) in [6, 6.07) is 12.3. The second kappa shape index (κ2) is 11.6. The first-order valence-corrected chi connectivity index (χ1v) is 11.0. The Morgan fingerprint density at radius 1 is 0.969 bits per heavy atom. The molecule has 8 heteroatoms. The summed E-state index contributed by atoms with van der Waals surface area (Å²) in [6.45, 7) is -0.621. The summed E-state index contributed by atoms with van der Waals surface area (Å²) in [4.78, 5) is 36.2. The van der Waals surface area contributed by atoms with E-state index in [9.17, 15) is 14.4 Å². The first-order valence-electron chi connectivity index (χ1n) is 10.6. The van der Waals surface area contributed by atoms with E-state index in [1.165, 1.54) is 56.9 Å². The Kier molecular flexibility index (Phi) is 8.64. The molecule has 1 aliphatic rings. The third-order valence-electron chi connectivity index (χ3n) is 5.37. The summed E-state index contributed by atoms with van der Waals surface area (Å²) in [7, 11) is 1.24. The largest absolute Gasteiger partial charge is 0.465 e. The number of rotatable bonds is 8. The lowest BCUT2D eigenvalue weighted by molar-refractivity contribution is -0.125. The standard InChI is InChI=1S/C24H27ClN2O5/c1-31-24(30)20-13-18(25)10-11-21(20)27-23(29)15-32-14-22(28)26-19-9-5-8-17(12-19)16-6-3-2-4-7-16/h5,8-13,16H,2-4,6-7,14-15H2,1H3,(H,26,28)(H,27,29). The predicted octanol–water partition coefficient (Wildman–Crippen LogP) is 4.77. The Hall–Kier alpha value is -2.90. The number of esters is 1. The number of nitrogens with one attached hydrogen (secondary N) is 2. The number of anilines is 2. The van der Waals surface area contributed by atoms with Gasteiger partial charge in [0.25, 0.3) is 0 Å². The van der Waals surface area contributed by atoms with E-state index in [4.69, 9.17) is 21.1 Å². The fourth-order valence-electron chi connectivity index (χ4n) is 3.83. The van der Waals surface area contributed by atoms with E-state index >= 15 is 0 Å². The average Bonchev–Trinajstić information content (AvgIpc) is 2.80. The molecule has 1 aliphatic carbocycles. The van der Waals surface area contributed by atoms with Crippen LogP contribution in [0.15, 0.2) is 42.5 Å². The molecule has 3 rings (SSSR count). The van der Waals surface area contributed by atoms with Crippen molar-refractivity contribution in [1.29, 1.82) is 0 Å². The van der Waals surface area contributed by atoms with Crippen molar-refractivity contribution in [3.63, 3.8) is 0 Å². The minimum Gasteiger partial charge on any atom is -0.465 e. The van der Waals surface area contributed by atoms with Gasteiger partial charge in [-0.3, -0.25) is 9.59 Å². The molecule has 32 heavy (non-hydrogen) atoms. The molecule has 0 aromatic heterocycles. The second-order valence-electron chi connectivity index (χ2n) is 7.73. The van der Waals surface area contributed by atoms with Crippen LogP contribution in [0.2, 0.25) is 5.02 Å². The van der Waals surface area contributed by atoms with Crippen molar-refractivity contribution in [3.05, 3.63) is 58.6 Å². The molecular weight excluding hydrogens is 432 g/mol. The van der Waals surface area contributed by atoms with Crippen LogP contribution in [0, 0.1) is 0 Å². The maximum atomic E-state index is 12.2. The van der Waals surface area contributed by atoms with Crippen LogP contribution in [0.25, 0.3) is 0 Å². The Bertz CT molecular complexity index is 973. The first kappa shape index (κ1) is 23.8. The van der Waals surface area contributed by atoms with Gasteiger partial charge in [0.1, 0.15) is 13.2 Å². The van der Waals surface area contributed by atoms with Gasteiger partial charge in [-0.2, -0.15) is 0 Å². The van der Waals surface area contributed by atoms with Gasteiger partial charge in [0, 0.05) is 10.7 Å². The molecule has 0 bridgehead atoms. The fraction of sp³-hybridized carbons (Fsp3) is 0.375. The SMILES string of the molecule is COC(=O)c1cc(Cl)ccc1NC(=O)COCC(=O)Nc1cccc(C2CCCCC2)c1. The van der Waals surface area contributed by atoms with Gasteiger partial charge in [0.15, 0.2) is 0 Å². The Morgan fingerprint density at radius 2 is 1.69 bits per heavy atom. The summed E-state index contributed by atoms with van der Waals surface area (Å²) in [5.74, 6) is -0.938. The Balaban J connectivity index is 1.47. The maximum Gasteiger partial charge on any atom is 0.340 e. The Labute approximate surface area is 192 Å². The highest BCUT2D eigenvalue weighted by Crippen LogP contribution is 2.33. The van der Waals surface area contributed by atoms with E-state index < -0.39 is 11.9 Å². The molecule has 2 aromatic rings. The number of hydrogen-bond acceptors (Lipinski definition) is 5. The number of ether oxygens (including phenoxy) is 2. The minimum absolute atomic E-state index is 0.129. The second-order valence-corrected chi connectivity index (χ2v) is 8.17. The molecular formula is C24H27ClN2O5. The van der Waals surface area contributed by atoms with Crippen molar-refractivity contribution in [2.45, 2.75) is 38.0 Å². The van der Waals surface area contributed by atoms with E-state index in [0.717, 1.165) is 5.69 Å². The smallest absolute Gasteiger partial charge is 0.340 e. The van der Waals surface area contributed by atoms with Crippen molar-refractivity contribution in [2.75, 3.05) is 31.0 Å². The van der Waals surface area contributed by atoms with Gasteiger partial charge in [-0.15, -0.1) is 0 Å². The van der Waals surface area contributed by atoms with Gasteiger partial charge in [-0.05, 0) is 54.7 Å². The van der Waals surface area contributed by atoms with Crippen molar-refractivity contribution < 1.29 is 23.9 Å². The minimum atomic E-state index is -0.626. The molecule has 0 aliphatic heterocycles. The zero-order valence-electron chi connectivity index (χ0n) is 18.0. The number of benzene rings is 2. The predicted molar refractivity (Wildman–Crippen MR) is 123 cm³/mol. The molecule has 2 N–H and O–H groups in total. The topological polar surface area (TPSA) is 93.7 Å². The molecule has 170 valence electrons. The highest BCUT2D eigenvalue weighted by Gasteiger charge is 2.17. The number of carbonyl (C=O) groups is 3. The van der Waals surface area contributed by atoms with Crippen molar-refractivity contribution in [1.82, 2.24) is 0 Å². The fourth-order valence-corrected chi connectivity index (χ4v) is 4.00. The molecule has 7 nitrogen and oxygen atoms in total. The summed E-state index contributed by atoms with van der Waals surface area (Å²) < 4.78 is 9.93. The highest BCUT2D eigenvalue weighted by atomic mass is 35.5. The van der Waals surface area contributed by atoms with Crippen LogP contribution in [-0.2, 0) is 19.1 Å². The summed E-state index contributed by atoms with van der Waals surface area (Å²) in [5.41, 5.74) is 2.34. The zero-order valence-corrected chi connectivity index (χ0v) is 18.7. The molecule has 0 spiro atoms.